The van der Waals surface area contributed by atoms with E-state index in [1.165, 1.54) is 33.6 Å². The second kappa shape index (κ2) is 7.17. The highest BCUT2D eigenvalue weighted by molar-refractivity contribution is 7.98. The van der Waals surface area contributed by atoms with Crippen LogP contribution in [0.5, 0.6) is 0 Å². The minimum absolute atomic E-state index is 0.146. The fourth-order valence-electron chi connectivity index (χ4n) is 3.49. The van der Waals surface area contributed by atoms with Gasteiger partial charge < -0.3 is 4.90 Å². The Morgan fingerprint density at radius 3 is 2.52 bits per heavy atom. The molecule has 9 nitrogen and oxygen atoms in total. The van der Waals surface area contributed by atoms with Gasteiger partial charge in [0.15, 0.2) is 22.3 Å². The number of carbonyl (C=O) groups excluding carboxylic acids is 1. The normalized spacial score (nSPS) is 11.5. The molecular formula is C21H17N7O2S. The fraction of sp³-hybridized carbons (Fsp3) is 0.143. The molecule has 0 N–H and O–H groups in total. The number of thioether (sulfide) groups is 1. The third kappa shape index (κ3) is 2.95. The summed E-state index contributed by atoms with van der Waals surface area (Å²) in [7, 11) is 3.37. The van der Waals surface area contributed by atoms with E-state index in [1.807, 2.05) is 30.5 Å². The standard InChI is InChI=1S/C21H17N7O2S/c1-26(2)19(29)12-8-9-16(22-10-12)27-15-7-5-4-6-13(15)18-24-17-14(20(30)28(18)27)11-23-21(25-17)31-3/h4-11H,1-3H3. The fourth-order valence-corrected chi connectivity index (χ4v) is 3.82. The summed E-state index contributed by atoms with van der Waals surface area (Å²) in [4.78, 5) is 44.9. The lowest BCUT2D eigenvalue weighted by molar-refractivity contribution is 0.0827. The van der Waals surface area contributed by atoms with Crippen LogP contribution in [0.15, 0.2) is 58.7 Å². The van der Waals surface area contributed by atoms with Crippen molar-refractivity contribution in [2.75, 3.05) is 20.4 Å². The van der Waals surface area contributed by atoms with Crippen LogP contribution in [0.25, 0.3) is 33.4 Å². The summed E-state index contributed by atoms with van der Waals surface area (Å²) in [6, 6.07) is 11.0. The number of hydrogen-bond acceptors (Lipinski definition) is 7. The Hall–Kier alpha value is -3.79. The SMILES string of the molecule is CSc1ncc2c(=O)n3c(nc2n1)c1ccccc1n3-c1ccc(C(=O)N(C)C)cn1. The number of hydrogen-bond donors (Lipinski definition) is 0. The monoisotopic (exact) mass is 431 g/mol. The number of pyridine rings is 1. The van der Waals surface area contributed by atoms with Gasteiger partial charge in [-0.1, -0.05) is 23.9 Å². The van der Waals surface area contributed by atoms with E-state index in [1.54, 1.807) is 30.9 Å². The Kier molecular flexibility index (Phi) is 4.44. The van der Waals surface area contributed by atoms with Crippen molar-refractivity contribution in [2.24, 2.45) is 0 Å². The predicted molar refractivity (Wildman–Crippen MR) is 119 cm³/mol. The minimum Gasteiger partial charge on any atom is -0.345 e. The van der Waals surface area contributed by atoms with Gasteiger partial charge in [0, 0.05) is 31.9 Å². The quantitative estimate of drug-likeness (QED) is 0.320. The number of carbonyl (C=O) groups is 1. The molecule has 0 bridgehead atoms. The van der Waals surface area contributed by atoms with E-state index in [-0.39, 0.29) is 11.5 Å². The summed E-state index contributed by atoms with van der Waals surface area (Å²) in [6.07, 6.45) is 4.88. The molecule has 5 rings (SSSR count). The molecule has 0 spiro atoms. The van der Waals surface area contributed by atoms with Gasteiger partial charge in [-0.3, -0.25) is 9.59 Å². The first-order valence-corrected chi connectivity index (χ1v) is 10.6. The maximum Gasteiger partial charge on any atom is 0.284 e. The molecule has 0 aliphatic heterocycles. The van der Waals surface area contributed by atoms with Gasteiger partial charge in [0.05, 0.1) is 11.1 Å². The lowest BCUT2D eigenvalue weighted by Gasteiger charge is -2.11. The van der Waals surface area contributed by atoms with E-state index in [9.17, 15) is 9.59 Å². The van der Waals surface area contributed by atoms with E-state index >= 15 is 0 Å². The maximum atomic E-state index is 13.4. The van der Waals surface area contributed by atoms with Crippen molar-refractivity contribution in [1.29, 1.82) is 0 Å². The van der Waals surface area contributed by atoms with Gasteiger partial charge in [0.1, 0.15) is 5.39 Å². The molecule has 31 heavy (non-hydrogen) atoms. The van der Waals surface area contributed by atoms with E-state index in [4.69, 9.17) is 0 Å². The van der Waals surface area contributed by atoms with Crippen molar-refractivity contribution < 1.29 is 4.79 Å². The molecule has 5 aromatic rings. The van der Waals surface area contributed by atoms with Crippen LogP contribution in [-0.4, -0.2) is 60.3 Å². The van der Waals surface area contributed by atoms with E-state index in [0.29, 0.717) is 33.2 Å². The zero-order valence-electron chi connectivity index (χ0n) is 17.0. The topological polar surface area (TPSA) is 98.3 Å². The number of fused-ring (bicyclic) bond motifs is 4. The van der Waals surface area contributed by atoms with Crippen LogP contribution in [-0.2, 0) is 0 Å². The zero-order chi connectivity index (χ0) is 21.7. The average molecular weight is 431 g/mol. The summed E-state index contributed by atoms with van der Waals surface area (Å²) < 4.78 is 3.18. The predicted octanol–water partition coefficient (Wildman–Crippen LogP) is 2.40. The number of nitrogens with zero attached hydrogens (tertiary/aromatic N) is 7. The molecule has 154 valence electrons. The Balaban J connectivity index is 1.84. The Bertz CT molecular complexity index is 1540. The van der Waals surface area contributed by atoms with Crippen LogP contribution in [0.4, 0.5) is 0 Å². The van der Waals surface area contributed by atoms with Gasteiger partial charge in [-0.05, 0) is 30.5 Å². The molecule has 0 atom stereocenters. The highest BCUT2D eigenvalue weighted by Crippen LogP contribution is 2.24. The van der Waals surface area contributed by atoms with Gasteiger partial charge in [0.25, 0.3) is 11.5 Å². The van der Waals surface area contributed by atoms with Gasteiger partial charge in [-0.15, -0.1) is 0 Å². The second-order valence-electron chi connectivity index (χ2n) is 7.08. The molecule has 0 fully saturated rings. The lowest BCUT2D eigenvalue weighted by Crippen LogP contribution is -2.23. The first kappa shape index (κ1) is 19.2. The van der Waals surface area contributed by atoms with Gasteiger partial charge >= 0.3 is 0 Å². The first-order chi connectivity index (χ1) is 15.0. The molecule has 1 aromatic carbocycles. The largest absolute Gasteiger partial charge is 0.345 e. The van der Waals surface area contributed by atoms with Crippen LogP contribution >= 0.6 is 11.8 Å². The number of para-hydroxylation sites is 1. The number of aromatic nitrogens is 6. The summed E-state index contributed by atoms with van der Waals surface area (Å²) >= 11 is 1.39. The van der Waals surface area contributed by atoms with Crippen LogP contribution < -0.4 is 5.56 Å². The van der Waals surface area contributed by atoms with Gasteiger partial charge in [-0.2, -0.15) is 4.52 Å². The van der Waals surface area contributed by atoms with E-state index < -0.39 is 0 Å². The minimum atomic E-state index is -0.293. The molecule has 10 heteroatoms. The van der Waals surface area contributed by atoms with Crippen molar-refractivity contribution in [3.63, 3.8) is 0 Å². The molecule has 4 aromatic heterocycles. The Morgan fingerprint density at radius 1 is 1.00 bits per heavy atom. The van der Waals surface area contributed by atoms with Crippen molar-refractivity contribution in [3.05, 3.63) is 64.7 Å². The molecule has 0 unspecified atom stereocenters. The summed E-state index contributed by atoms with van der Waals surface area (Å²) in [6.45, 7) is 0. The third-order valence-corrected chi connectivity index (χ3v) is 5.52. The lowest BCUT2D eigenvalue weighted by atomic mass is 10.2. The van der Waals surface area contributed by atoms with Gasteiger partial charge in [-0.25, -0.2) is 24.6 Å². The highest BCUT2D eigenvalue weighted by Gasteiger charge is 2.19. The van der Waals surface area contributed by atoms with E-state index in [2.05, 4.69) is 19.9 Å². The number of benzene rings is 1. The van der Waals surface area contributed by atoms with Crippen LogP contribution in [0.3, 0.4) is 0 Å². The van der Waals surface area contributed by atoms with Crippen molar-refractivity contribution >= 4 is 45.3 Å². The summed E-state index contributed by atoms with van der Waals surface area (Å²) in [5.41, 5.74) is 1.77. The first-order valence-electron chi connectivity index (χ1n) is 9.41. The smallest absolute Gasteiger partial charge is 0.284 e. The number of rotatable bonds is 3. The third-order valence-electron chi connectivity index (χ3n) is 4.96. The van der Waals surface area contributed by atoms with Crippen LogP contribution in [0.2, 0.25) is 0 Å². The molecular weight excluding hydrogens is 414 g/mol. The Morgan fingerprint density at radius 2 is 1.81 bits per heavy atom. The van der Waals surface area contributed by atoms with E-state index in [0.717, 1.165) is 10.9 Å². The molecule has 0 aliphatic carbocycles. The summed E-state index contributed by atoms with van der Waals surface area (Å²) in [5.74, 6) is 0.347. The Labute approximate surface area is 180 Å². The maximum absolute atomic E-state index is 13.4. The number of amides is 1. The van der Waals surface area contributed by atoms with Crippen LogP contribution in [0.1, 0.15) is 10.4 Å². The average Bonchev–Trinajstić information content (AvgIpc) is 3.13. The van der Waals surface area contributed by atoms with Crippen molar-refractivity contribution in [2.45, 2.75) is 5.16 Å². The molecule has 1 amide bonds. The molecule has 0 aliphatic rings. The molecule has 0 saturated carbocycles. The van der Waals surface area contributed by atoms with Crippen LogP contribution in [0, 0.1) is 0 Å². The zero-order valence-corrected chi connectivity index (χ0v) is 17.8. The van der Waals surface area contributed by atoms with Gasteiger partial charge in [0.2, 0.25) is 0 Å². The molecule has 4 heterocycles. The van der Waals surface area contributed by atoms with Crippen molar-refractivity contribution in [1.82, 2.24) is 34.0 Å². The second-order valence-corrected chi connectivity index (χ2v) is 7.85. The van der Waals surface area contributed by atoms with Crippen molar-refractivity contribution in [3.8, 4) is 5.82 Å². The molecule has 0 saturated heterocycles. The molecule has 0 radical (unpaired) electrons. The highest BCUT2D eigenvalue weighted by atomic mass is 32.2. The summed E-state index contributed by atoms with van der Waals surface area (Å²) in [5, 5.41) is 1.66.